The van der Waals surface area contributed by atoms with Gasteiger partial charge in [-0.15, -0.1) is 5.46 Å². The molecule has 0 aliphatic heterocycles. The molecule has 1 spiro atoms. The highest BCUT2D eigenvalue weighted by molar-refractivity contribution is 6.69. The first-order valence-electron chi connectivity index (χ1n) is 26.9. The minimum Gasteiger partial charge on any atom is -0.310 e. The first-order chi connectivity index (χ1) is 37.2. The lowest BCUT2D eigenvalue weighted by atomic mass is 9.64. The van der Waals surface area contributed by atoms with E-state index in [0.717, 1.165) is 5.69 Å². The molecule has 2 aliphatic carbocycles. The summed E-state index contributed by atoms with van der Waals surface area (Å²) in [7, 11) is 16.6. The number of rotatable bonds is 5. The number of aromatic nitrogens is 2. The van der Waals surface area contributed by atoms with E-state index in [-0.39, 0.29) is 0 Å². The van der Waals surface area contributed by atoms with Gasteiger partial charge in [0.25, 0.3) is 0 Å². The maximum atomic E-state index is 2.70. The normalized spacial score (nSPS) is 12.9. The SMILES string of the molecule is Bc1c(B)c(B)c2c(c1B)c1c(B)c(-c3ccc4c(c3)c3c(-c5ccccc5)cccc3n4-c3ccc(-c4ccccc4)cc3)c(B)c(B)c1n2-c1cccc2c1-c1ccccc1C21c2ccccc2-c2ccccc21. The van der Waals surface area contributed by atoms with Gasteiger partial charge in [0.1, 0.15) is 54.9 Å². The molecule has 0 radical (unpaired) electrons. The van der Waals surface area contributed by atoms with Crippen LogP contribution in [-0.2, 0) is 5.41 Å². The van der Waals surface area contributed by atoms with Gasteiger partial charge in [-0.1, -0.05) is 209 Å². The van der Waals surface area contributed by atoms with Crippen molar-refractivity contribution in [1.82, 2.24) is 9.13 Å². The topological polar surface area (TPSA) is 9.86 Å². The molecule has 9 heteroatoms. The van der Waals surface area contributed by atoms with Gasteiger partial charge < -0.3 is 9.13 Å². The molecule has 0 amide bonds. The molecule has 0 bridgehead atoms. The van der Waals surface area contributed by atoms with Gasteiger partial charge in [-0.05, 0) is 114 Å². The second-order valence-corrected chi connectivity index (χ2v) is 21.7. The zero-order valence-corrected chi connectivity index (χ0v) is 44.1. The number of hydrogen-bond acceptors (Lipinski definition) is 0. The van der Waals surface area contributed by atoms with Crippen LogP contribution in [0.2, 0.25) is 0 Å². The van der Waals surface area contributed by atoms with Crippen LogP contribution in [0, 0.1) is 0 Å². The minimum atomic E-state index is -0.437. The van der Waals surface area contributed by atoms with Crippen LogP contribution >= 0.6 is 0 Å². The molecule has 0 N–H and O–H groups in total. The molecule has 0 atom stereocenters. The Labute approximate surface area is 450 Å². The predicted molar refractivity (Wildman–Crippen MR) is 345 cm³/mol. The molecule has 0 unspecified atom stereocenters. The van der Waals surface area contributed by atoms with Gasteiger partial charge in [0, 0.05) is 38.4 Å². The Balaban J connectivity index is 1.01. The largest absolute Gasteiger partial charge is 0.310 e. The highest BCUT2D eigenvalue weighted by Crippen LogP contribution is 2.63. The zero-order valence-electron chi connectivity index (χ0n) is 44.1. The zero-order chi connectivity index (χ0) is 51.3. The Morgan fingerprint density at radius 3 is 1.46 bits per heavy atom. The van der Waals surface area contributed by atoms with E-state index < -0.39 is 5.41 Å². The van der Waals surface area contributed by atoms with Gasteiger partial charge in [0.2, 0.25) is 0 Å². The molecular formula is C67H49B7N2. The molecular weight excluding hydrogens is 908 g/mol. The van der Waals surface area contributed by atoms with Gasteiger partial charge in [0.05, 0.1) is 22.1 Å². The Hall–Kier alpha value is -8.53. The summed E-state index contributed by atoms with van der Waals surface area (Å²) < 4.78 is 5.17. The fourth-order valence-corrected chi connectivity index (χ4v) is 14.5. The summed E-state index contributed by atoms with van der Waals surface area (Å²) in [5.41, 5.74) is 34.5. The van der Waals surface area contributed by atoms with Gasteiger partial charge in [-0.2, -0.15) is 0 Å². The van der Waals surface area contributed by atoms with Crippen molar-refractivity contribution in [3.05, 3.63) is 235 Å². The third kappa shape index (κ3) is 5.86. The van der Waals surface area contributed by atoms with Crippen molar-refractivity contribution in [1.29, 1.82) is 0 Å². The van der Waals surface area contributed by atoms with Gasteiger partial charge in [0.15, 0.2) is 0 Å². The van der Waals surface area contributed by atoms with E-state index in [9.17, 15) is 0 Å². The molecule has 2 aromatic heterocycles. The van der Waals surface area contributed by atoms with E-state index in [1.165, 1.54) is 165 Å². The fraction of sp³-hybridized carbons (Fsp3) is 0.0149. The van der Waals surface area contributed by atoms with Crippen LogP contribution < -0.4 is 38.2 Å². The van der Waals surface area contributed by atoms with E-state index in [4.69, 9.17) is 0 Å². The average Bonchev–Trinajstić information content (AvgIpc) is 4.39. The van der Waals surface area contributed by atoms with Gasteiger partial charge in [-0.3, -0.25) is 0 Å². The van der Waals surface area contributed by atoms with E-state index in [1.54, 1.807) is 0 Å². The molecule has 348 valence electrons. The Morgan fingerprint density at radius 2 is 0.789 bits per heavy atom. The van der Waals surface area contributed by atoms with Crippen molar-refractivity contribution >= 4 is 137 Å². The van der Waals surface area contributed by atoms with Gasteiger partial charge >= 0.3 is 0 Å². The van der Waals surface area contributed by atoms with E-state index >= 15 is 0 Å². The van der Waals surface area contributed by atoms with Crippen LogP contribution in [-0.4, -0.2) is 64.1 Å². The van der Waals surface area contributed by atoms with Crippen LogP contribution in [0.25, 0.3) is 111 Å². The lowest BCUT2D eigenvalue weighted by Gasteiger charge is -2.30. The maximum absolute atomic E-state index is 2.70. The Bertz CT molecular complexity index is 4610. The quantitative estimate of drug-likeness (QED) is 0.215. The summed E-state index contributed by atoms with van der Waals surface area (Å²) in [6.45, 7) is 0. The molecule has 13 aromatic rings. The van der Waals surface area contributed by atoms with E-state index in [1.807, 2.05) is 0 Å². The summed E-state index contributed by atoms with van der Waals surface area (Å²) >= 11 is 0. The molecule has 2 nitrogen and oxygen atoms in total. The van der Waals surface area contributed by atoms with Crippen molar-refractivity contribution in [2.24, 2.45) is 0 Å². The summed E-state index contributed by atoms with van der Waals surface area (Å²) in [5, 5.41) is 5.22. The van der Waals surface area contributed by atoms with Crippen LogP contribution in [0.1, 0.15) is 22.3 Å². The molecule has 76 heavy (non-hydrogen) atoms. The van der Waals surface area contributed by atoms with Crippen LogP contribution in [0.15, 0.2) is 212 Å². The van der Waals surface area contributed by atoms with Crippen molar-refractivity contribution < 1.29 is 0 Å². The standard InChI is InChI=1S/C67H49B7N2/c68-58-53(39-31-34-50-45(35-39)54-41(38-17-5-2-6-18-38)22-13-27-51(54)75(50)40-32-29-37(30-33-40)36-15-3-1-4-16-36)59(69)63(73)65-56(58)57-60(70)61(71)62(72)64(74)66(57)76(65)52-28-14-26-49-55(52)44-21-9-12-25-48(44)67(49)46-23-10-7-19-42(46)43-20-8-11-24-47(43)67/h1-35H,68-74H2. The summed E-state index contributed by atoms with van der Waals surface area (Å²) in [6.07, 6.45) is 0. The number of benzene rings is 11. The van der Waals surface area contributed by atoms with Crippen LogP contribution in [0.5, 0.6) is 0 Å². The first-order valence-corrected chi connectivity index (χ1v) is 26.9. The highest BCUT2D eigenvalue weighted by atomic mass is 15.0. The summed E-state index contributed by atoms with van der Waals surface area (Å²) in [6, 6.07) is 79.5. The first kappa shape index (κ1) is 44.9. The summed E-state index contributed by atoms with van der Waals surface area (Å²) in [5.74, 6) is 0. The Morgan fingerprint density at radius 1 is 0.289 bits per heavy atom. The third-order valence-electron chi connectivity index (χ3n) is 18.3. The second-order valence-electron chi connectivity index (χ2n) is 21.7. The molecule has 0 saturated heterocycles. The van der Waals surface area contributed by atoms with Crippen molar-refractivity contribution in [2.45, 2.75) is 5.41 Å². The molecule has 11 aromatic carbocycles. The molecule has 0 saturated carbocycles. The average molecular weight is 958 g/mol. The lowest BCUT2D eigenvalue weighted by Crippen LogP contribution is -2.48. The number of nitrogens with zero attached hydrogens (tertiary/aromatic N) is 2. The summed E-state index contributed by atoms with van der Waals surface area (Å²) in [4.78, 5) is 0. The van der Waals surface area contributed by atoms with Crippen molar-refractivity contribution in [3.63, 3.8) is 0 Å². The smallest absolute Gasteiger partial charge is 0.141 e. The molecule has 15 rings (SSSR count). The van der Waals surface area contributed by atoms with E-state index in [2.05, 4.69) is 276 Å². The maximum Gasteiger partial charge on any atom is 0.141 e. The van der Waals surface area contributed by atoms with Crippen molar-refractivity contribution in [2.75, 3.05) is 0 Å². The minimum absolute atomic E-state index is 0.437. The van der Waals surface area contributed by atoms with Crippen molar-refractivity contribution in [3.8, 4) is 67.0 Å². The molecule has 0 fully saturated rings. The molecule has 2 heterocycles. The second kappa shape index (κ2) is 16.5. The van der Waals surface area contributed by atoms with Crippen LogP contribution in [0.3, 0.4) is 0 Å². The fourth-order valence-electron chi connectivity index (χ4n) is 14.5. The number of fused-ring (bicyclic) bond motifs is 16. The van der Waals surface area contributed by atoms with Crippen LogP contribution in [0.4, 0.5) is 0 Å². The Kier molecular flexibility index (Phi) is 9.74. The predicted octanol–water partition coefficient (Wildman–Crippen LogP) is 5.03. The number of hydrogen-bond donors (Lipinski definition) is 0. The highest BCUT2D eigenvalue weighted by Gasteiger charge is 2.52. The molecule has 2 aliphatic rings. The third-order valence-corrected chi connectivity index (χ3v) is 18.3. The monoisotopic (exact) mass is 958 g/mol. The van der Waals surface area contributed by atoms with E-state index in [0.29, 0.717) is 0 Å². The van der Waals surface area contributed by atoms with Gasteiger partial charge in [-0.25, -0.2) is 0 Å². The lowest BCUT2D eigenvalue weighted by molar-refractivity contribution is 0.793.